The van der Waals surface area contributed by atoms with Crippen LogP contribution in [0.3, 0.4) is 0 Å². The molecule has 1 aliphatic carbocycles. The summed E-state index contributed by atoms with van der Waals surface area (Å²) in [6.45, 7) is 3.21. The molecule has 106 valence electrons. The molecule has 3 unspecified atom stereocenters. The summed E-state index contributed by atoms with van der Waals surface area (Å²) in [4.78, 5) is 0. The minimum atomic E-state index is 0.462. The molecule has 3 atom stereocenters. The maximum Gasteiger partial charge on any atom is 0.0677 e. The first kappa shape index (κ1) is 13.4. The monoisotopic (exact) mass is 269 g/mol. The van der Waals surface area contributed by atoms with Gasteiger partial charge in [0.25, 0.3) is 0 Å². The molecule has 0 bridgehead atoms. The third-order valence-electron chi connectivity index (χ3n) is 4.42. The first-order chi connectivity index (χ1) is 9.88. The molecule has 1 aromatic heterocycles. The van der Waals surface area contributed by atoms with E-state index in [0.717, 1.165) is 6.54 Å². The van der Waals surface area contributed by atoms with Crippen molar-refractivity contribution in [2.24, 2.45) is 0 Å². The highest BCUT2D eigenvalue weighted by Gasteiger charge is 2.32. The summed E-state index contributed by atoms with van der Waals surface area (Å²) >= 11 is 0. The van der Waals surface area contributed by atoms with Crippen LogP contribution in [0.2, 0.25) is 0 Å². The normalized spacial score (nSPS) is 26.6. The molecule has 3 heteroatoms. The molecule has 0 aliphatic heterocycles. The minimum Gasteiger partial charge on any atom is -0.312 e. The van der Waals surface area contributed by atoms with Crippen LogP contribution in [0, 0.1) is 0 Å². The van der Waals surface area contributed by atoms with Crippen molar-refractivity contribution in [3.05, 3.63) is 54.4 Å². The summed E-state index contributed by atoms with van der Waals surface area (Å²) in [7, 11) is 0. The molecule has 1 heterocycles. The fraction of sp³-hybridized carbons (Fsp3) is 0.471. The van der Waals surface area contributed by atoms with Crippen molar-refractivity contribution in [1.29, 1.82) is 0 Å². The predicted molar refractivity (Wildman–Crippen MR) is 81.8 cm³/mol. The van der Waals surface area contributed by atoms with Gasteiger partial charge in [-0.3, -0.25) is 4.68 Å². The van der Waals surface area contributed by atoms with Gasteiger partial charge in [0.1, 0.15) is 0 Å². The van der Waals surface area contributed by atoms with E-state index in [4.69, 9.17) is 0 Å². The highest BCUT2D eigenvalue weighted by molar-refractivity contribution is 5.20. The van der Waals surface area contributed by atoms with E-state index in [0.29, 0.717) is 18.0 Å². The van der Waals surface area contributed by atoms with E-state index >= 15 is 0 Å². The zero-order valence-corrected chi connectivity index (χ0v) is 12.1. The zero-order valence-electron chi connectivity index (χ0n) is 12.1. The van der Waals surface area contributed by atoms with E-state index in [1.54, 1.807) is 0 Å². The first-order valence-corrected chi connectivity index (χ1v) is 7.66. The van der Waals surface area contributed by atoms with E-state index in [2.05, 4.69) is 58.5 Å². The third-order valence-corrected chi connectivity index (χ3v) is 4.42. The van der Waals surface area contributed by atoms with Crippen LogP contribution < -0.4 is 5.32 Å². The molecular weight excluding hydrogens is 246 g/mol. The van der Waals surface area contributed by atoms with E-state index in [1.165, 1.54) is 24.8 Å². The number of rotatable bonds is 4. The van der Waals surface area contributed by atoms with E-state index in [9.17, 15) is 0 Å². The highest BCUT2D eigenvalue weighted by atomic mass is 15.3. The second-order valence-corrected chi connectivity index (χ2v) is 5.64. The maximum atomic E-state index is 4.48. The molecular formula is C17H23N3. The molecule has 0 spiro atoms. The molecule has 1 aromatic carbocycles. The molecule has 0 saturated heterocycles. The van der Waals surface area contributed by atoms with Crippen molar-refractivity contribution in [1.82, 2.24) is 15.1 Å². The number of hydrogen-bond acceptors (Lipinski definition) is 2. The van der Waals surface area contributed by atoms with Gasteiger partial charge >= 0.3 is 0 Å². The fourth-order valence-electron chi connectivity index (χ4n) is 3.44. The van der Waals surface area contributed by atoms with E-state index < -0.39 is 0 Å². The topological polar surface area (TPSA) is 29.9 Å². The Labute approximate surface area is 121 Å². The lowest BCUT2D eigenvalue weighted by Gasteiger charge is -2.37. The van der Waals surface area contributed by atoms with Gasteiger partial charge < -0.3 is 5.32 Å². The number of likely N-dealkylation sites (N-methyl/N-ethyl adjacent to an activating group) is 1. The molecule has 1 fully saturated rings. The van der Waals surface area contributed by atoms with Gasteiger partial charge in [-0.05, 0) is 43.4 Å². The predicted octanol–water partition coefficient (Wildman–Crippen LogP) is 3.37. The second kappa shape index (κ2) is 6.23. The Kier molecular flexibility index (Phi) is 4.16. The number of nitrogens with zero attached hydrogens (tertiary/aromatic N) is 2. The summed E-state index contributed by atoms with van der Waals surface area (Å²) in [5.41, 5.74) is 1.47. The second-order valence-electron chi connectivity index (χ2n) is 5.64. The minimum absolute atomic E-state index is 0.462. The molecule has 0 amide bonds. The van der Waals surface area contributed by atoms with E-state index in [-0.39, 0.29) is 0 Å². The van der Waals surface area contributed by atoms with Gasteiger partial charge in [0.2, 0.25) is 0 Å². The Morgan fingerprint density at radius 3 is 2.75 bits per heavy atom. The molecule has 3 nitrogen and oxygen atoms in total. The van der Waals surface area contributed by atoms with Crippen LogP contribution in [0.25, 0.3) is 0 Å². The maximum absolute atomic E-state index is 4.48. The first-order valence-electron chi connectivity index (χ1n) is 7.66. The average Bonchev–Trinajstić information content (AvgIpc) is 3.03. The van der Waals surface area contributed by atoms with Crippen LogP contribution >= 0.6 is 0 Å². The largest absolute Gasteiger partial charge is 0.312 e. The molecule has 1 N–H and O–H groups in total. The van der Waals surface area contributed by atoms with Gasteiger partial charge in [-0.15, -0.1) is 0 Å². The highest BCUT2D eigenvalue weighted by Crippen LogP contribution is 2.38. The van der Waals surface area contributed by atoms with Crippen molar-refractivity contribution in [3.63, 3.8) is 0 Å². The van der Waals surface area contributed by atoms with Crippen molar-refractivity contribution in [3.8, 4) is 0 Å². The van der Waals surface area contributed by atoms with Crippen molar-refractivity contribution in [2.75, 3.05) is 6.54 Å². The SMILES string of the molecule is CCNC1CCC(c2ccccc2)CC1n1cccn1. The van der Waals surface area contributed by atoms with Crippen LogP contribution in [0.15, 0.2) is 48.8 Å². The van der Waals surface area contributed by atoms with Gasteiger partial charge in [-0.25, -0.2) is 0 Å². The number of benzene rings is 1. The summed E-state index contributed by atoms with van der Waals surface area (Å²) in [5.74, 6) is 0.653. The molecule has 1 saturated carbocycles. The number of aromatic nitrogens is 2. The van der Waals surface area contributed by atoms with Crippen LogP contribution in [0.1, 0.15) is 43.7 Å². The molecule has 2 aromatic rings. The number of nitrogens with one attached hydrogen (secondary N) is 1. The van der Waals surface area contributed by atoms with Crippen LogP contribution in [-0.4, -0.2) is 22.4 Å². The lowest BCUT2D eigenvalue weighted by molar-refractivity contribution is 0.229. The Hall–Kier alpha value is -1.61. The lowest BCUT2D eigenvalue weighted by Crippen LogP contribution is -2.41. The van der Waals surface area contributed by atoms with Gasteiger partial charge in [0.05, 0.1) is 6.04 Å². The summed E-state index contributed by atoms with van der Waals surface area (Å²) in [6, 6.07) is 13.9. The lowest BCUT2D eigenvalue weighted by atomic mass is 9.78. The van der Waals surface area contributed by atoms with Crippen molar-refractivity contribution in [2.45, 2.75) is 44.2 Å². The quantitative estimate of drug-likeness (QED) is 0.922. The van der Waals surface area contributed by atoms with Crippen molar-refractivity contribution >= 4 is 0 Å². The Morgan fingerprint density at radius 2 is 2.05 bits per heavy atom. The standard InChI is InChI=1S/C17H23N3/c1-2-18-16-10-9-15(14-7-4-3-5-8-14)13-17(16)20-12-6-11-19-20/h3-8,11-12,15-18H,2,9-10,13H2,1H3. The van der Waals surface area contributed by atoms with Crippen LogP contribution in [0.4, 0.5) is 0 Å². The summed E-state index contributed by atoms with van der Waals surface area (Å²) < 4.78 is 2.14. The van der Waals surface area contributed by atoms with Crippen LogP contribution in [0.5, 0.6) is 0 Å². The Bertz CT molecular complexity index is 506. The Morgan fingerprint density at radius 1 is 1.20 bits per heavy atom. The number of hydrogen-bond donors (Lipinski definition) is 1. The molecule has 1 aliphatic rings. The third kappa shape index (κ3) is 2.78. The van der Waals surface area contributed by atoms with Crippen molar-refractivity contribution < 1.29 is 0 Å². The molecule has 20 heavy (non-hydrogen) atoms. The summed E-state index contributed by atoms with van der Waals surface area (Å²) in [6.07, 6.45) is 7.64. The average molecular weight is 269 g/mol. The zero-order chi connectivity index (χ0) is 13.8. The van der Waals surface area contributed by atoms with E-state index in [1.807, 2.05) is 12.3 Å². The smallest absolute Gasteiger partial charge is 0.0677 e. The van der Waals surface area contributed by atoms with Gasteiger partial charge in [-0.1, -0.05) is 37.3 Å². The Balaban J connectivity index is 1.80. The molecule has 3 rings (SSSR count). The van der Waals surface area contributed by atoms with Gasteiger partial charge in [0.15, 0.2) is 0 Å². The fourth-order valence-corrected chi connectivity index (χ4v) is 3.44. The summed E-state index contributed by atoms with van der Waals surface area (Å²) in [5, 5.41) is 8.11. The van der Waals surface area contributed by atoms with Gasteiger partial charge in [0, 0.05) is 18.4 Å². The molecule has 0 radical (unpaired) electrons. The van der Waals surface area contributed by atoms with Crippen LogP contribution in [-0.2, 0) is 0 Å². The van der Waals surface area contributed by atoms with Gasteiger partial charge in [-0.2, -0.15) is 5.10 Å².